The molecule has 0 saturated carbocycles. The van der Waals surface area contributed by atoms with E-state index in [1.54, 1.807) is 6.08 Å². The number of carbonyl (C=O) groups is 1. The van der Waals surface area contributed by atoms with E-state index in [2.05, 4.69) is 4.99 Å². The van der Waals surface area contributed by atoms with Gasteiger partial charge in [-0.25, -0.2) is 4.99 Å². The maximum absolute atomic E-state index is 10.3. The fourth-order valence-corrected chi connectivity index (χ4v) is 0.457. The Bertz CT molecular complexity index is 167. The minimum absolute atomic E-state index is 0.126. The Labute approximate surface area is 46.9 Å². The fourth-order valence-electron chi connectivity index (χ4n) is 0.457. The van der Waals surface area contributed by atoms with E-state index < -0.39 is 0 Å². The maximum atomic E-state index is 10.3. The monoisotopic (exact) mass is 110 g/mol. The molecule has 0 atom stereocenters. The van der Waals surface area contributed by atoms with Crippen molar-refractivity contribution in [3.63, 3.8) is 0 Å². The van der Waals surface area contributed by atoms with E-state index in [0.29, 0.717) is 12.1 Å². The van der Waals surface area contributed by atoms with Crippen LogP contribution in [0.25, 0.3) is 0 Å². The Morgan fingerprint density at radius 3 is 2.88 bits per heavy atom. The Morgan fingerprint density at radius 1 is 1.75 bits per heavy atom. The molecule has 2 N–H and O–H groups in total. The van der Waals surface area contributed by atoms with Gasteiger partial charge in [0.05, 0.1) is 6.21 Å². The van der Waals surface area contributed by atoms with Gasteiger partial charge in [-0.3, -0.25) is 4.79 Å². The molecule has 0 aromatic rings. The second-order valence-corrected chi connectivity index (χ2v) is 1.56. The zero-order valence-electron chi connectivity index (χ0n) is 4.29. The van der Waals surface area contributed by atoms with E-state index in [-0.39, 0.29) is 5.91 Å². The highest BCUT2D eigenvalue weighted by Crippen LogP contribution is 1.95. The second-order valence-electron chi connectivity index (χ2n) is 1.56. The molecule has 1 aliphatic rings. The number of hydrogen-bond donors (Lipinski definition) is 1. The number of rotatable bonds is 0. The summed E-state index contributed by atoms with van der Waals surface area (Å²) in [6.45, 7) is 0. The van der Waals surface area contributed by atoms with Crippen LogP contribution in [0.1, 0.15) is 6.42 Å². The average molecular weight is 110 g/mol. The minimum atomic E-state index is -0.126. The highest BCUT2D eigenvalue weighted by atomic mass is 16.1. The molecule has 1 aliphatic heterocycles. The van der Waals surface area contributed by atoms with Crippen molar-refractivity contribution in [1.29, 1.82) is 0 Å². The molecule has 0 spiro atoms. The van der Waals surface area contributed by atoms with Crippen LogP contribution >= 0.6 is 0 Å². The normalized spacial score (nSPS) is 18.5. The van der Waals surface area contributed by atoms with Gasteiger partial charge in [0, 0.05) is 12.1 Å². The molecule has 0 unspecified atom stereocenters. The van der Waals surface area contributed by atoms with Gasteiger partial charge in [0.1, 0.15) is 0 Å². The van der Waals surface area contributed by atoms with E-state index in [9.17, 15) is 4.79 Å². The summed E-state index contributed by atoms with van der Waals surface area (Å²) in [6.07, 6.45) is 3.36. The average Bonchev–Trinajstić information content (AvgIpc) is 1.77. The summed E-state index contributed by atoms with van der Waals surface area (Å²) in [6, 6.07) is 0. The van der Waals surface area contributed by atoms with Crippen LogP contribution in [0.15, 0.2) is 16.8 Å². The van der Waals surface area contributed by atoms with Gasteiger partial charge in [-0.2, -0.15) is 0 Å². The number of nitrogens with two attached hydrogens (primary N) is 1. The summed E-state index contributed by atoms with van der Waals surface area (Å²) in [4.78, 5) is 13.8. The first-order valence-corrected chi connectivity index (χ1v) is 2.31. The smallest absolute Gasteiger partial charge is 0.249 e. The molecule has 8 heavy (non-hydrogen) atoms. The quantitative estimate of drug-likeness (QED) is 0.470. The van der Waals surface area contributed by atoms with Crippen molar-refractivity contribution in [2.45, 2.75) is 6.42 Å². The van der Waals surface area contributed by atoms with Crippen LogP contribution in [0.2, 0.25) is 0 Å². The SMILES string of the molecule is NC1=CCC(=O)N=C1. The van der Waals surface area contributed by atoms with Crippen LogP contribution in [0, 0.1) is 0 Å². The third-order valence-electron chi connectivity index (χ3n) is 0.870. The predicted molar refractivity (Wildman–Crippen MR) is 30.4 cm³/mol. The highest BCUT2D eigenvalue weighted by Gasteiger charge is 1.99. The second kappa shape index (κ2) is 1.78. The van der Waals surface area contributed by atoms with Crippen LogP contribution in [0.3, 0.4) is 0 Å². The summed E-state index contributed by atoms with van der Waals surface area (Å²) in [5.74, 6) is -0.126. The molecule has 0 radical (unpaired) electrons. The maximum Gasteiger partial charge on any atom is 0.249 e. The lowest BCUT2D eigenvalue weighted by Gasteiger charge is -1.95. The number of nitrogens with zero attached hydrogens (tertiary/aromatic N) is 1. The molecule has 1 rings (SSSR count). The molecule has 0 bridgehead atoms. The van der Waals surface area contributed by atoms with Gasteiger partial charge in [-0.1, -0.05) is 6.08 Å². The van der Waals surface area contributed by atoms with E-state index in [4.69, 9.17) is 5.73 Å². The molecule has 42 valence electrons. The van der Waals surface area contributed by atoms with Crippen LogP contribution in [0.5, 0.6) is 0 Å². The van der Waals surface area contributed by atoms with Crippen molar-refractivity contribution in [3.05, 3.63) is 11.8 Å². The molecular weight excluding hydrogens is 104 g/mol. The summed E-state index contributed by atoms with van der Waals surface area (Å²) in [5.41, 5.74) is 5.83. The lowest BCUT2D eigenvalue weighted by atomic mass is 10.3. The van der Waals surface area contributed by atoms with Crippen molar-refractivity contribution >= 4 is 12.1 Å². The number of aliphatic imine (C=N–C) groups is 1. The van der Waals surface area contributed by atoms with Crippen LogP contribution < -0.4 is 5.73 Å². The fraction of sp³-hybridized carbons (Fsp3) is 0.200. The molecule has 1 heterocycles. The van der Waals surface area contributed by atoms with Gasteiger partial charge in [-0.15, -0.1) is 0 Å². The molecule has 0 aromatic heterocycles. The molecule has 0 saturated heterocycles. The van der Waals surface area contributed by atoms with Crippen LogP contribution in [-0.4, -0.2) is 12.1 Å². The van der Waals surface area contributed by atoms with Crippen LogP contribution in [-0.2, 0) is 4.79 Å². The van der Waals surface area contributed by atoms with Gasteiger partial charge >= 0.3 is 0 Å². The molecule has 0 aromatic carbocycles. The number of amides is 1. The molecule has 3 nitrogen and oxygen atoms in total. The zero-order chi connectivity index (χ0) is 5.98. The Morgan fingerprint density at radius 2 is 2.50 bits per heavy atom. The highest BCUT2D eigenvalue weighted by molar-refractivity contribution is 5.95. The van der Waals surface area contributed by atoms with E-state index in [0.717, 1.165) is 0 Å². The third kappa shape index (κ3) is 0.932. The number of hydrogen-bond acceptors (Lipinski definition) is 2. The molecule has 3 heteroatoms. The number of carbonyl (C=O) groups excluding carboxylic acids is 1. The Hall–Kier alpha value is -1.12. The predicted octanol–water partition coefficient (Wildman–Crippen LogP) is -0.170. The van der Waals surface area contributed by atoms with Crippen molar-refractivity contribution in [2.75, 3.05) is 0 Å². The van der Waals surface area contributed by atoms with E-state index in [1.807, 2.05) is 0 Å². The first kappa shape index (κ1) is 5.03. The van der Waals surface area contributed by atoms with Gasteiger partial charge in [-0.05, 0) is 0 Å². The topological polar surface area (TPSA) is 55.5 Å². The Kier molecular flexibility index (Phi) is 1.12. The van der Waals surface area contributed by atoms with Crippen molar-refractivity contribution in [2.24, 2.45) is 10.7 Å². The minimum Gasteiger partial charge on any atom is -0.398 e. The summed E-state index contributed by atoms with van der Waals surface area (Å²) >= 11 is 0. The summed E-state index contributed by atoms with van der Waals surface area (Å²) < 4.78 is 0. The molecule has 1 amide bonds. The standard InChI is InChI=1S/C5H6N2O/c6-4-1-2-5(8)7-3-4/h1,3H,2,6H2. The first-order chi connectivity index (χ1) is 3.79. The van der Waals surface area contributed by atoms with Gasteiger partial charge in [0.2, 0.25) is 5.91 Å². The van der Waals surface area contributed by atoms with Crippen molar-refractivity contribution in [3.8, 4) is 0 Å². The molecular formula is C5H6N2O. The molecule has 0 fully saturated rings. The molecule has 0 aliphatic carbocycles. The van der Waals surface area contributed by atoms with Gasteiger partial charge < -0.3 is 5.73 Å². The van der Waals surface area contributed by atoms with Crippen molar-refractivity contribution in [1.82, 2.24) is 0 Å². The Balaban J connectivity index is 2.71. The summed E-state index contributed by atoms with van der Waals surface area (Å²) in [5, 5.41) is 0. The lowest BCUT2D eigenvalue weighted by Crippen LogP contribution is -2.06. The third-order valence-corrected chi connectivity index (χ3v) is 0.870. The first-order valence-electron chi connectivity index (χ1n) is 2.31. The lowest BCUT2D eigenvalue weighted by molar-refractivity contribution is -0.117. The zero-order valence-corrected chi connectivity index (χ0v) is 4.29. The van der Waals surface area contributed by atoms with Crippen molar-refractivity contribution < 1.29 is 4.79 Å². The van der Waals surface area contributed by atoms with Crippen LogP contribution in [0.4, 0.5) is 0 Å². The number of allylic oxidation sites excluding steroid dienone is 1. The van der Waals surface area contributed by atoms with E-state index in [1.165, 1.54) is 6.21 Å². The van der Waals surface area contributed by atoms with Gasteiger partial charge in [0.25, 0.3) is 0 Å². The van der Waals surface area contributed by atoms with Gasteiger partial charge in [0.15, 0.2) is 0 Å². The summed E-state index contributed by atoms with van der Waals surface area (Å²) in [7, 11) is 0. The van der Waals surface area contributed by atoms with E-state index >= 15 is 0 Å². The largest absolute Gasteiger partial charge is 0.398 e. The number of dihydropyridines is 1.